The number of sulfone groups is 1. The van der Waals surface area contributed by atoms with Gasteiger partial charge in [-0.1, -0.05) is 11.8 Å². The molecule has 0 bridgehead atoms. The van der Waals surface area contributed by atoms with E-state index >= 15 is 0 Å². The van der Waals surface area contributed by atoms with Crippen molar-refractivity contribution in [3.8, 4) is 0 Å². The molecule has 0 N–H and O–H groups in total. The van der Waals surface area contributed by atoms with E-state index in [-0.39, 0.29) is 35.3 Å². The van der Waals surface area contributed by atoms with Crippen molar-refractivity contribution in [1.29, 1.82) is 0 Å². The van der Waals surface area contributed by atoms with Gasteiger partial charge in [-0.05, 0) is 24.3 Å². The van der Waals surface area contributed by atoms with E-state index in [1.54, 1.807) is 0 Å². The summed E-state index contributed by atoms with van der Waals surface area (Å²) in [5.41, 5.74) is 1.88. The van der Waals surface area contributed by atoms with Crippen molar-refractivity contribution in [1.82, 2.24) is 0 Å². The molecule has 2 aliphatic heterocycles. The zero-order chi connectivity index (χ0) is 18.2. The number of ether oxygens (including phenoxy) is 1. The van der Waals surface area contributed by atoms with Gasteiger partial charge in [0.05, 0.1) is 17.5 Å². The second-order valence-corrected chi connectivity index (χ2v) is 9.66. The fourth-order valence-electron chi connectivity index (χ4n) is 3.04. The molecule has 7 nitrogen and oxygen atoms in total. The zero-order valence-electron chi connectivity index (χ0n) is 14.4. The molecule has 2 atom stereocenters. The maximum Gasteiger partial charge on any atom is 0.274 e. The standard InChI is InChI=1S/C16H21N3O4S2/c1-18(2)11-4-6-12(7-5-11)19-13-9-25(21,22)10-14(13)24-16(19)17-15(20)8-23-3/h4-7,13-14H,8-10H2,1-3H3/t13-,14+/m0/s1. The largest absolute Gasteiger partial charge is 0.378 e. The lowest BCUT2D eigenvalue weighted by Crippen LogP contribution is -2.37. The van der Waals surface area contributed by atoms with E-state index in [2.05, 4.69) is 4.99 Å². The van der Waals surface area contributed by atoms with Gasteiger partial charge in [-0.3, -0.25) is 4.79 Å². The van der Waals surface area contributed by atoms with Gasteiger partial charge in [0.15, 0.2) is 15.0 Å². The molecular formula is C16H21N3O4S2. The van der Waals surface area contributed by atoms with Gasteiger partial charge in [-0.25, -0.2) is 8.42 Å². The second kappa shape index (κ2) is 6.97. The average Bonchev–Trinajstić information content (AvgIpc) is 2.98. The minimum absolute atomic E-state index is 0.0809. The molecule has 2 fully saturated rings. The van der Waals surface area contributed by atoms with Crippen LogP contribution in [0.3, 0.4) is 0 Å². The van der Waals surface area contributed by atoms with Gasteiger partial charge in [0.25, 0.3) is 5.91 Å². The Morgan fingerprint density at radius 3 is 2.60 bits per heavy atom. The molecule has 1 aromatic rings. The van der Waals surface area contributed by atoms with Crippen molar-refractivity contribution >= 4 is 44.0 Å². The van der Waals surface area contributed by atoms with Crippen LogP contribution in [-0.4, -0.2) is 70.1 Å². The third kappa shape index (κ3) is 3.83. The minimum Gasteiger partial charge on any atom is -0.378 e. The van der Waals surface area contributed by atoms with E-state index in [0.717, 1.165) is 11.4 Å². The molecule has 0 spiro atoms. The number of amidine groups is 1. The quantitative estimate of drug-likeness (QED) is 0.767. The Kier molecular flexibility index (Phi) is 5.08. The van der Waals surface area contributed by atoms with Gasteiger partial charge in [-0.2, -0.15) is 4.99 Å². The number of hydrogen-bond acceptors (Lipinski definition) is 6. The fourth-order valence-corrected chi connectivity index (χ4v) is 6.97. The highest BCUT2D eigenvalue weighted by Gasteiger charge is 2.49. The number of benzene rings is 1. The van der Waals surface area contributed by atoms with Crippen LogP contribution in [-0.2, 0) is 19.4 Å². The summed E-state index contributed by atoms with van der Waals surface area (Å²) in [6, 6.07) is 7.59. The maximum absolute atomic E-state index is 12.0. The summed E-state index contributed by atoms with van der Waals surface area (Å²) in [5, 5.41) is 0.442. The van der Waals surface area contributed by atoms with E-state index in [9.17, 15) is 13.2 Å². The smallest absolute Gasteiger partial charge is 0.274 e. The molecule has 0 unspecified atom stereocenters. The van der Waals surface area contributed by atoms with Crippen LogP contribution in [0.1, 0.15) is 0 Å². The zero-order valence-corrected chi connectivity index (χ0v) is 16.0. The van der Waals surface area contributed by atoms with Crippen molar-refractivity contribution in [3.05, 3.63) is 24.3 Å². The second-order valence-electron chi connectivity index (χ2n) is 6.30. The Labute approximate surface area is 152 Å². The number of carbonyl (C=O) groups is 1. The molecular weight excluding hydrogens is 362 g/mol. The monoisotopic (exact) mass is 383 g/mol. The molecule has 0 saturated carbocycles. The Morgan fingerprint density at radius 1 is 1.32 bits per heavy atom. The highest BCUT2D eigenvalue weighted by atomic mass is 32.2. The summed E-state index contributed by atoms with van der Waals surface area (Å²) in [6.07, 6.45) is 0. The number of aliphatic imine (C=N–C) groups is 1. The number of hydrogen-bond donors (Lipinski definition) is 0. The first-order valence-electron chi connectivity index (χ1n) is 7.85. The SMILES string of the molecule is COCC(=O)N=C1S[C@@H]2CS(=O)(=O)C[C@@H]2N1c1ccc(N(C)C)cc1. The number of nitrogens with zero attached hydrogens (tertiary/aromatic N) is 3. The van der Waals surface area contributed by atoms with Crippen LogP contribution in [0.5, 0.6) is 0 Å². The van der Waals surface area contributed by atoms with Gasteiger partial charge < -0.3 is 14.5 Å². The van der Waals surface area contributed by atoms with E-state index in [4.69, 9.17) is 4.74 Å². The van der Waals surface area contributed by atoms with Crippen LogP contribution >= 0.6 is 11.8 Å². The molecule has 9 heteroatoms. The van der Waals surface area contributed by atoms with Crippen molar-refractivity contribution in [2.45, 2.75) is 11.3 Å². The number of methoxy groups -OCH3 is 1. The summed E-state index contributed by atoms with van der Waals surface area (Å²) >= 11 is 1.36. The highest BCUT2D eigenvalue weighted by Crippen LogP contribution is 2.41. The van der Waals surface area contributed by atoms with Crippen molar-refractivity contribution < 1.29 is 17.9 Å². The number of amides is 1. The topological polar surface area (TPSA) is 79.3 Å². The molecule has 1 amide bonds. The molecule has 25 heavy (non-hydrogen) atoms. The highest BCUT2D eigenvalue weighted by molar-refractivity contribution is 8.16. The molecule has 136 valence electrons. The third-order valence-electron chi connectivity index (χ3n) is 4.20. The van der Waals surface area contributed by atoms with Crippen LogP contribution in [0.4, 0.5) is 11.4 Å². The molecule has 0 aliphatic carbocycles. The van der Waals surface area contributed by atoms with Crippen LogP contribution in [0.25, 0.3) is 0 Å². The maximum atomic E-state index is 12.0. The fraction of sp³-hybridized carbons (Fsp3) is 0.500. The molecule has 2 heterocycles. The van der Waals surface area contributed by atoms with E-state index in [1.165, 1.54) is 18.9 Å². The normalized spacial score (nSPS) is 26.0. The Balaban J connectivity index is 1.96. The van der Waals surface area contributed by atoms with Crippen LogP contribution in [0, 0.1) is 0 Å². The first-order valence-corrected chi connectivity index (χ1v) is 10.5. The Hall–Kier alpha value is -1.58. The Bertz CT molecular complexity index is 790. The lowest BCUT2D eigenvalue weighted by molar-refractivity contribution is -0.121. The predicted octanol–water partition coefficient (Wildman–Crippen LogP) is 1.00. The summed E-state index contributed by atoms with van der Waals surface area (Å²) in [6.45, 7) is -0.0922. The molecule has 1 aromatic carbocycles. The number of fused-ring (bicyclic) bond motifs is 1. The van der Waals surface area contributed by atoms with Crippen molar-refractivity contribution in [2.24, 2.45) is 4.99 Å². The lowest BCUT2D eigenvalue weighted by atomic mass is 10.2. The molecule has 0 aromatic heterocycles. The Morgan fingerprint density at radius 2 is 2.00 bits per heavy atom. The van der Waals surface area contributed by atoms with Gasteiger partial charge in [0.2, 0.25) is 0 Å². The first kappa shape index (κ1) is 18.2. The van der Waals surface area contributed by atoms with Gasteiger partial charge in [0, 0.05) is 37.8 Å². The van der Waals surface area contributed by atoms with E-state index < -0.39 is 9.84 Å². The number of rotatable bonds is 4. The van der Waals surface area contributed by atoms with Gasteiger partial charge in [-0.15, -0.1) is 0 Å². The first-order chi connectivity index (χ1) is 11.8. The summed E-state index contributed by atoms with van der Waals surface area (Å²) in [5.74, 6) is -0.174. The van der Waals surface area contributed by atoms with Crippen LogP contribution in [0.2, 0.25) is 0 Å². The lowest BCUT2D eigenvalue weighted by Gasteiger charge is -2.25. The van der Waals surface area contributed by atoms with Crippen molar-refractivity contribution in [3.63, 3.8) is 0 Å². The predicted molar refractivity (Wildman–Crippen MR) is 101 cm³/mol. The summed E-state index contributed by atoms with van der Waals surface area (Å²) in [4.78, 5) is 19.9. The molecule has 3 rings (SSSR count). The molecule has 2 saturated heterocycles. The van der Waals surface area contributed by atoms with E-state index in [0.29, 0.717) is 5.17 Å². The van der Waals surface area contributed by atoms with E-state index in [1.807, 2.05) is 48.2 Å². The number of anilines is 2. The van der Waals surface area contributed by atoms with Crippen LogP contribution < -0.4 is 9.80 Å². The third-order valence-corrected chi connectivity index (χ3v) is 7.41. The van der Waals surface area contributed by atoms with Gasteiger partial charge >= 0.3 is 0 Å². The average molecular weight is 383 g/mol. The molecule has 2 aliphatic rings. The van der Waals surface area contributed by atoms with Crippen LogP contribution in [0.15, 0.2) is 29.3 Å². The summed E-state index contributed by atoms with van der Waals surface area (Å²) in [7, 11) is 2.29. The van der Waals surface area contributed by atoms with Crippen molar-refractivity contribution in [2.75, 3.05) is 49.1 Å². The molecule has 0 radical (unpaired) electrons. The minimum atomic E-state index is -3.07. The van der Waals surface area contributed by atoms with Gasteiger partial charge in [0.1, 0.15) is 6.61 Å². The summed E-state index contributed by atoms with van der Waals surface area (Å²) < 4.78 is 28.9. The number of carbonyl (C=O) groups excluding carboxylic acids is 1. The number of thioether (sulfide) groups is 1.